The van der Waals surface area contributed by atoms with Gasteiger partial charge in [-0.15, -0.1) is 0 Å². The van der Waals surface area contributed by atoms with Gasteiger partial charge >= 0.3 is 5.97 Å². The first-order chi connectivity index (χ1) is 6.07. The van der Waals surface area contributed by atoms with Gasteiger partial charge in [0, 0.05) is 0 Å². The maximum absolute atomic E-state index is 13.3. The van der Waals surface area contributed by atoms with Crippen molar-refractivity contribution < 1.29 is 14.3 Å². The van der Waals surface area contributed by atoms with Gasteiger partial charge in [0.05, 0.1) is 5.56 Å². The fraction of sp³-hybridized carbons (Fsp3) is 0.300. The maximum Gasteiger partial charge on any atom is 0.338 e. The van der Waals surface area contributed by atoms with E-state index in [9.17, 15) is 9.18 Å². The van der Waals surface area contributed by atoms with Crippen LogP contribution in [0.4, 0.5) is 4.39 Å². The molecular weight excluding hydrogens is 171 g/mol. The Morgan fingerprint density at radius 2 is 2.15 bits per heavy atom. The first-order valence-corrected chi connectivity index (χ1v) is 4.09. The number of aromatic carboxylic acids is 1. The first kappa shape index (κ1) is 9.71. The van der Waals surface area contributed by atoms with Crippen LogP contribution >= 0.6 is 0 Å². The van der Waals surface area contributed by atoms with Crippen LogP contribution in [0, 0.1) is 12.7 Å². The molecule has 0 saturated heterocycles. The van der Waals surface area contributed by atoms with Crippen LogP contribution in [0.5, 0.6) is 0 Å². The lowest BCUT2D eigenvalue weighted by Gasteiger charge is -2.06. The molecule has 3 heteroatoms. The predicted octanol–water partition coefficient (Wildman–Crippen LogP) is 2.39. The lowest BCUT2D eigenvalue weighted by Crippen LogP contribution is -2.06. The van der Waals surface area contributed by atoms with Crippen molar-refractivity contribution >= 4 is 5.97 Å². The third-order valence-electron chi connectivity index (χ3n) is 2.02. The molecule has 0 aromatic heterocycles. The monoisotopic (exact) mass is 182 g/mol. The smallest absolute Gasteiger partial charge is 0.338 e. The number of halogens is 1. The van der Waals surface area contributed by atoms with Gasteiger partial charge in [-0.1, -0.05) is 19.1 Å². The van der Waals surface area contributed by atoms with Gasteiger partial charge in [-0.3, -0.25) is 0 Å². The van der Waals surface area contributed by atoms with Crippen LogP contribution in [0.1, 0.15) is 28.4 Å². The SMILES string of the molecule is CCc1ccc(C)c(F)c1C(=O)O. The average molecular weight is 182 g/mol. The molecule has 0 bridgehead atoms. The second-order valence-corrected chi connectivity index (χ2v) is 2.89. The van der Waals surface area contributed by atoms with E-state index in [4.69, 9.17) is 5.11 Å². The Bertz CT molecular complexity index is 345. The minimum absolute atomic E-state index is 0.192. The maximum atomic E-state index is 13.3. The molecule has 1 rings (SSSR count). The van der Waals surface area contributed by atoms with Gasteiger partial charge < -0.3 is 5.11 Å². The summed E-state index contributed by atoms with van der Waals surface area (Å²) >= 11 is 0. The van der Waals surface area contributed by atoms with Crippen molar-refractivity contribution in [3.8, 4) is 0 Å². The summed E-state index contributed by atoms with van der Waals surface area (Å²) in [5, 5.41) is 8.76. The molecule has 1 aromatic rings. The molecule has 0 spiro atoms. The highest BCUT2D eigenvalue weighted by atomic mass is 19.1. The van der Waals surface area contributed by atoms with Gasteiger partial charge in [0.25, 0.3) is 0 Å². The van der Waals surface area contributed by atoms with Crippen molar-refractivity contribution in [3.63, 3.8) is 0 Å². The fourth-order valence-electron chi connectivity index (χ4n) is 1.25. The molecule has 0 aliphatic carbocycles. The summed E-state index contributed by atoms with van der Waals surface area (Å²) in [5.41, 5.74) is 0.715. The summed E-state index contributed by atoms with van der Waals surface area (Å²) in [5.74, 6) is -1.81. The van der Waals surface area contributed by atoms with Crippen molar-refractivity contribution in [2.75, 3.05) is 0 Å². The van der Waals surface area contributed by atoms with Crippen molar-refractivity contribution in [1.82, 2.24) is 0 Å². The van der Waals surface area contributed by atoms with Crippen molar-refractivity contribution in [3.05, 3.63) is 34.6 Å². The Morgan fingerprint density at radius 3 is 2.62 bits per heavy atom. The number of carboxylic acids is 1. The first-order valence-electron chi connectivity index (χ1n) is 4.09. The number of carbonyl (C=O) groups is 1. The molecule has 0 heterocycles. The Hall–Kier alpha value is -1.38. The molecule has 0 aliphatic rings. The number of benzene rings is 1. The molecule has 13 heavy (non-hydrogen) atoms. The number of hydrogen-bond donors (Lipinski definition) is 1. The summed E-state index contributed by atoms with van der Waals surface area (Å²) in [7, 11) is 0. The van der Waals surface area contributed by atoms with Gasteiger partial charge in [-0.05, 0) is 24.5 Å². The Kier molecular flexibility index (Phi) is 2.66. The van der Waals surface area contributed by atoms with Crippen LogP contribution in [0.15, 0.2) is 12.1 Å². The topological polar surface area (TPSA) is 37.3 Å². The van der Waals surface area contributed by atoms with Crippen molar-refractivity contribution in [2.24, 2.45) is 0 Å². The molecule has 1 aromatic carbocycles. The molecule has 0 unspecified atom stereocenters. The highest BCUT2D eigenvalue weighted by Crippen LogP contribution is 2.17. The molecule has 0 atom stereocenters. The highest BCUT2D eigenvalue weighted by Gasteiger charge is 2.16. The molecule has 1 N–H and O–H groups in total. The minimum atomic E-state index is -1.20. The third kappa shape index (κ3) is 1.69. The van der Waals surface area contributed by atoms with Crippen LogP contribution < -0.4 is 0 Å². The molecule has 70 valence electrons. The lowest BCUT2D eigenvalue weighted by atomic mass is 10.0. The quantitative estimate of drug-likeness (QED) is 0.762. The van der Waals surface area contributed by atoms with Gasteiger partial charge in [0.2, 0.25) is 0 Å². The zero-order chi connectivity index (χ0) is 10.0. The van der Waals surface area contributed by atoms with E-state index in [2.05, 4.69) is 0 Å². The van der Waals surface area contributed by atoms with E-state index < -0.39 is 11.8 Å². The Morgan fingerprint density at radius 1 is 1.54 bits per heavy atom. The van der Waals surface area contributed by atoms with E-state index in [-0.39, 0.29) is 5.56 Å². The molecule has 0 fully saturated rings. The second-order valence-electron chi connectivity index (χ2n) is 2.89. The summed E-state index contributed by atoms with van der Waals surface area (Å²) in [6, 6.07) is 3.25. The number of rotatable bonds is 2. The zero-order valence-corrected chi connectivity index (χ0v) is 7.60. The van der Waals surface area contributed by atoms with Crippen LogP contribution in [-0.4, -0.2) is 11.1 Å². The molecule has 0 aliphatic heterocycles. The summed E-state index contributed by atoms with van der Waals surface area (Å²) < 4.78 is 13.3. The van der Waals surface area contributed by atoms with E-state index in [0.717, 1.165) is 0 Å². The Labute approximate surface area is 76.0 Å². The number of aryl methyl sites for hydroxylation is 2. The van der Waals surface area contributed by atoms with E-state index in [1.54, 1.807) is 26.0 Å². The second kappa shape index (κ2) is 3.56. The van der Waals surface area contributed by atoms with E-state index in [1.807, 2.05) is 0 Å². The zero-order valence-electron chi connectivity index (χ0n) is 7.60. The largest absolute Gasteiger partial charge is 0.478 e. The van der Waals surface area contributed by atoms with Gasteiger partial charge in [-0.2, -0.15) is 0 Å². The van der Waals surface area contributed by atoms with E-state index in [1.165, 1.54) is 0 Å². The van der Waals surface area contributed by atoms with Gasteiger partial charge in [-0.25, -0.2) is 9.18 Å². The van der Waals surface area contributed by atoms with Gasteiger partial charge in [0.15, 0.2) is 0 Å². The summed E-state index contributed by atoms with van der Waals surface area (Å²) in [6.07, 6.45) is 0.527. The summed E-state index contributed by atoms with van der Waals surface area (Å²) in [6.45, 7) is 3.36. The molecule has 0 saturated carbocycles. The molecule has 0 radical (unpaired) electrons. The van der Waals surface area contributed by atoms with Crippen LogP contribution in [0.2, 0.25) is 0 Å². The molecule has 0 amide bonds. The van der Waals surface area contributed by atoms with Gasteiger partial charge in [0.1, 0.15) is 5.82 Å². The molecular formula is C10H11FO2. The Balaban J connectivity index is 3.41. The van der Waals surface area contributed by atoms with Crippen LogP contribution in [0.3, 0.4) is 0 Å². The number of hydrogen-bond acceptors (Lipinski definition) is 1. The van der Waals surface area contributed by atoms with E-state index >= 15 is 0 Å². The summed E-state index contributed by atoms with van der Waals surface area (Å²) in [4.78, 5) is 10.7. The predicted molar refractivity (Wildman–Crippen MR) is 47.5 cm³/mol. The highest BCUT2D eigenvalue weighted by molar-refractivity contribution is 5.90. The number of carboxylic acid groups (broad SMARTS) is 1. The normalized spacial score (nSPS) is 10.1. The fourth-order valence-corrected chi connectivity index (χ4v) is 1.25. The average Bonchev–Trinajstić information content (AvgIpc) is 2.08. The standard InChI is InChI=1S/C10H11FO2/c1-3-7-5-4-6(2)9(11)8(7)10(12)13/h4-5H,3H2,1-2H3,(H,12,13). The third-order valence-corrected chi connectivity index (χ3v) is 2.02. The van der Waals surface area contributed by atoms with E-state index in [0.29, 0.717) is 17.5 Å². The molecule has 2 nitrogen and oxygen atoms in total. The lowest BCUT2D eigenvalue weighted by molar-refractivity contribution is 0.0690. The van der Waals surface area contributed by atoms with Crippen LogP contribution in [-0.2, 0) is 6.42 Å². The van der Waals surface area contributed by atoms with Crippen LogP contribution in [0.25, 0.3) is 0 Å². The minimum Gasteiger partial charge on any atom is -0.478 e. The van der Waals surface area contributed by atoms with Crippen molar-refractivity contribution in [1.29, 1.82) is 0 Å². The van der Waals surface area contributed by atoms with Crippen molar-refractivity contribution in [2.45, 2.75) is 20.3 Å².